The van der Waals surface area contributed by atoms with E-state index >= 15 is 0 Å². The number of piperidine rings is 2. The summed E-state index contributed by atoms with van der Waals surface area (Å²) in [6.45, 7) is 16.0. The maximum absolute atomic E-state index is 5.04. The van der Waals surface area contributed by atoms with Gasteiger partial charge in [0.05, 0.1) is 0 Å². The van der Waals surface area contributed by atoms with E-state index in [0.717, 1.165) is 11.8 Å². The van der Waals surface area contributed by atoms with E-state index in [1.165, 1.54) is 57.4 Å². The van der Waals surface area contributed by atoms with Crippen molar-refractivity contribution < 1.29 is 0 Å². The number of likely N-dealkylation sites (tertiary alicyclic amines) is 2. The highest BCUT2D eigenvalue weighted by Gasteiger charge is 2.28. The van der Waals surface area contributed by atoms with Gasteiger partial charge in [0.1, 0.15) is 5.82 Å². The first-order chi connectivity index (χ1) is 13.8. The summed E-state index contributed by atoms with van der Waals surface area (Å²) in [6, 6.07) is 2.37. The standard InChI is InChI=1S/C23H42N6/c1-17(2)28-12-8-20(9-13-28)26(6)22-19(5)16-24-23(25-22)27(7)21-10-14-29(15-11-21)18(3)4/h16-18,20-21H,8-15H2,1-7H3. The van der Waals surface area contributed by atoms with Gasteiger partial charge < -0.3 is 19.6 Å². The van der Waals surface area contributed by atoms with Crippen LogP contribution >= 0.6 is 0 Å². The predicted octanol–water partition coefficient (Wildman–Crippen LogP) is 3.40. The summed E-state index contributed by atoms with van der Waals surface area (Å²) in [5, 5.41) is 0. The minimum absolute atomic E-state index is 0.528. The van der Waals surface area contributed by atoms with E-state index < -0.39 is 0 Å². The number of aromatic nitrogens is 2. The molecule has 29 heavy (non-hydrogen) atoms. The molecule has 0 unspecified atom stereocenters. The van der Waals surface area contributed by atoms with Crippen LogP contribution in [0.1, 0.15) is 58.9 Å². The Morgan fingerprint density at radius 3 is 1.72 bits per heavy atom. The Hall–Kier alpha value is -1.40. The van der Waals surface area contributed by atoms with Crippen molar-refractivity contribution in [1.29, 1.82) is 0 Å². The molecule has 164 valence electrons. The molecule has 0 aliphatic carbocycles. The van der Waals surface area contributed by atoms with E-state index in [1.807, 2.05) is 6.20 Å². The Kier molecular flexibility index (Phi) is 7.38. The molecule has 2 saturated heterocycles. The summed E-state index contributed by atoms with van der Waals surface area (Å²) in [7, 11) is 4.39. The fourth-order valence-electron chi connectivity index (χ4n) is 4.87. The number of hydrogen-bond donors (Lipinski definition) is 0. The molecule has 2 aliphatic heterocycles. The molecular weight excluding hydrogens is 360 g/mol. The Balaban J connectivity index is 1.66. The van der Waals surface area contributed by atoms with Crippen LogP contribution in [-0.2, 0) is 0 Å². The zero-order valence-corrected chi connectivity index (χ0v) is 19.7. The first-order valence-electron chi connectivity index (χ1n) is 11.5. The van der Waals surface area contributed by atoms with Crippen molar-refractivity contribution in [3.8, 4) is 0 Å². The molecule has 0 spiro atoms. The number of anilines is 2. The number of rotatable bonds is 6. The molecule has 0 N–H and O–H groups in total. The third-order valence-corrected chi connectivity index (χ3v) is 7.14. The molecule has 0 radical (unpaired) electrons. The highest BCUT2D eigenvalue weighted by atomic mass is 15.3. The Morgan fingerprint density at radius 1 is 0.828 bits per heavy atom. The largest absolute Gasteiger partial charge is 0.356 e. The first kappa shape index (κ1) is 22.3. The van der Waals surface area contributed by atoms with Crippen LogP contribution in [-0.4, -0.2) is 84.2 Å². The molecule has 3 rings (SSSR count). The van der Waals surface area contributed by atoms with Crippen molar-refractivity contribution in [3.63, 3.8) is 0 Å². The van der Waals surface area contributed by atoms with Crippen LogP contribution < -0.4 is 9.80 Å². The lowest BCUT2D eigenvalue weighted by atomic mass is 10.0. The zero-order chi connectivity index (χ0) is 21.1. The van der Waals surface area contributed by atoms with Gasteiger partial charge in [-0.1, -0.05) is 0 Å². The second kappa shape index (κ2) is 9.61. The van der Waals surface area contributed by atoms with Gasteiger partial charge in [0.2, 0.25) is 5.95 Å². The Bertz CT molecular complexity index is 645. The highest BCUT2D eigenvalue weighted by molar-refractivity contribution is 5.50. The van der Waals surface area contributed by atoms with Crippen LogP contribution in [0.2, 0.25) is 0 Å². The number of aryl methyl sites for hydroxylation is 1. The van der Waals surface area contributed by atoms with E-state index in [2.05, 4.69) is 68.3 Å². The van der Waals surface area contributed by atoms with Crippen LogP contribution in [0.15, 0.2) is 6.20 Å². The quantitative estimate of drug-likeness (QED) is 0.726. The van der Waals surface area contributed by atoms with Crippen LogP contribution in [0.25, 0.3) is 0 Å². The molecule has 0 bridgehead atoms. The number of hydrogen-bond acceptors (Lipinski definition) is 6. The normalized spacial score (nSPS) is 20.6. The summed E-state index contributed by atoms with van der Waals surface area (Å²) < 4.78 is 0. The van der Waals surface area contributed by atoms with Crippen molar-refractivity contribution in [1.82, 2.24) is 19.8 Å². The van der Waals surface area contributed by atoms with Gasteiger partial charge in [-0.3, -0.25) is 0 Å². The number of nitrogens with zero attached hydrogens (tertiary/aromatic N) is 6. The highest BCUT2D eigenvalue weighted by Crippen LogP contribution is 2.27. The van der Waals surface area contributed by atoms with Gasteiger partial charge in [0.25, 0.3) is 0 Å². The molecule has 0 amide bonds. The van der Waals surface area contributed by atoms with Gasteiger partial charge in [-0.2, -0.15) is 4.98 Å². The van der Waals surface area contributed by atoms with E-state index in [1.54, 1.807) is 0 Å². The van der Waals surface area contributed by atoms with Crippen molar-refractivity contribution >= 4 is 11.8 Å². The van der Waals surface area contributed by atoms with Gasteiger partial charge in [0.15, 0.2) is 0 Å². The Morgan fingerprint density at radius 2 is 1.28 bits per heavy atom. The maximum atomic E-state index is 5.04. The SMILES string of the molecule is Cc1cnc(N(C)C2CCN(C(C)C)CC2)nc1N(C)C1CCN(C(C)C)CC1. The summed E-state index contributed by atoms with van der Waals surface area (Å²) in [6.07, 6.45) is 6.79. The predicted molar refractivity (Wildman–Crippen MR) is 123 cm³/mol. The lowest BCUT2D eigenvalue weighted by molar-refractivity contribution is 0.170. The maximum Gasteiger partial charge on any atom is 0.227 e. The van der Waals surface area contributed by atoms with Gasteiger partial charge >= 0.3 is 0 Å². The Labute approximate surface area is 178 Å². The summed E-state index contributed by atoms with van der Waals surface area (Å²) in [4.78, 5) is 19.6. The van der Waals surface area contributed by atoms with Crippen molar-refractivity contribution in [2.24, 2.45) is 0 Å². The molecule has 0 saturated carbocycles. The second-order valence-corrected chi connectivity index (χ2v) is 9.62. The minimum atomic E-state index is 0.528. The third kappa shape index (κ3) is 5.21. The molecule has 0 atom stereocenters. The molecule has 2 fully saturated rings. The van der Waals surface area contributed by atoms with Crippen LogP contribution in [0.4, 0.5) is 11.8 Å². The monoisotopic (exact) mass is 402 g/mol. The summed E-state index contributed by atoms with van der Waals surface area (Å²) in [5.74, 6) is 1.98. The molecule has 6 nitrogen and oxygen atoms in total. The van der Waals surface area contributed by atoms with E-state index in [9.17, 15) is 0 Å². The summed E-state index contributed by atoms with van der Waals surface area (Å²) in [5.41, 5.74) is 1.17. The molecule has 3 heterocycles. The molecular formula is C23H42N6. The fraction of sp³-hybridized carbons (Fsp3) is 0.826. The van der Waals surface area contributed by atoms with E-state index in [4.69, 9.17) is 9.97 Å². The molecule has 1 aromatic rings. The fourth-order valence-corrected chi connectivity index (χ4v) is 4.87. The second-order valence-electron chi connectivity index (χ2n) is 9.62. The zero-order valence-electron chi connectivity index (χ0n) is 19.7. The molecule has 1 aromatic heterocycles. The minimum Gasteiger partial charge on any atom is -0.356 e. The summed E-state index contributed by atoms with van der Waals surface area (Å²) >= 11 is 0. The first-order valence-corrected chi connectivity index (χ1v) is 11.5. The third-order valence-electron chi connectivity index (χ3n) is 7.14. The van der Waals surface area contributed by atoms with Crippen molar-refractivity contribution in [2.45, 2.75) is 84.5 Å². The topological polar surface area (TPSA) is 38.7 Å². The van der Waals surface area contributed by atoms with Gasteiger partial charge in [0, 0.05) is 76.2 Å². The van der Waals surface area contributed by atoms with Crippen molar-refractivity contribution in [2.75, 3.05) is 50.1 Å². The van der Waals surface area contributed by atoms with Crippen LogP contribution in [0.5, 0.6) is 0 Å². The van der Waals surface area contributed by atoms with Crippen LogP contribution in [0, 0.1) is 6.92 Å². The van der Waals surface area contributed by atoms with Gasteiger partial charge in [-0.25, -0.2) is 4.98 Å². The molecule has 0 aromatic carbocycles. The van der Waals surface area contributed by atoms with Gasteiger partial charge in [-0.05, 0) is 60.3 Å². The lowest BCUT2D eigenvalue weighted by Gasteiger charge is -2.40. The van der Waals surface area contributed by atoms with Crippen LogP contribution in [0.3, 0.4) is 0 Å². The molecule has 2 aliphatic rings. The smallest absolute Gasteiger partial charge is 0.227 e. The average Bonchev–Trinajstić information content (AvgIpc) is 2.73. The van der Waals surface area contributed by atoms with Gasteiger partial charge in [-0.15, -0.1) is 0 Å². The molecule has 6 heteroatoms. The van der Waals surface area contributed by atoms with Crippen molar-refractivity contribution in [3.05, 3.63) is 11.8 Å². The van der Waals surface area contributed by atoms with E-state index in [-0.39, 0.29) is 0 Å². The average molecular weight is 403 g/mol. The lowest BCUT2D eigenvalue weighted by Crippen LogP contribution is -2.47. The van der Waals surface area contributed by atoms with E-state index in [0.29, 0.717) is 24.2 Å².